The molecule has 0 saturated carbocycles. The molecule has 1 atom stereocenters. The van der Waals surface area contributed by atoms with Gasteiger partial charge in [0.25, 0.3) is 5.91 Å². The van der Waals surface area contributed by atoms with Crippen LogP contribution >= 0.6 is 11.8 Å². The van der Waals surface area contributed by atoms with E-state index >= 15 is 0 Å². The van der Waals surface area contributed by atoms with Crippen molar-refractivity contribution in [3.63, 3.8) is 0 Å². The molecule has 1 heterocycles. The lowest BCUT2D eigenvalue weighted by Gasteiger charge is -2.15. The zero-order chi connectivity index (χ0) is 29.9. The molecule has 6 aromatic rings. The van der Waals surface area contributed by atoms with Crippen molar-refractivity contribution in [1.29, 1.82) is 0 Å². The van der Waals surface area contributed by atoms with E-state index < -0.39 is 35.1 Å². The van der Waals surface area contributed by atoms with E-state index in [1.54, 1.807) is 0 Å². The van der Waals surface area contributed by atoms with E-state index in [1.807, 2.05) is 48.5 Å². The van der Waals surface area contributed by atoms with Crippen molar-refractivity contribution >= 4 is 45.6 Å². The minimum Gasteiger partial charge on any atom is -0.480 e. The average molecular weight is 594 g/mol. The number of para-hydroxylation sites is 2. The Labute approximate surface area is 250 Å². The maximum Gasteiger partial charge on any atom is 0.327 e. The molecule has 1 aromatic heterocycles. The largest absolute Gasteiger partial charge is 0.480 e. The van der Waals surface area contributed by atoms with Crippen molar-refractivity contribution < 1.29 is 27.9 Å². The number of carboxylic acids is 1. The number of thioether (sulfide) groups is 1. The predicted molar refractivity (Wildman–Crippen MR) is 166 cm³/mol. The van der Waals surface area contributed by atoms with Crippen LogP contribution in [0.4, 0.5) is 8.78 Å². The third-order valence-electron chi connectivity index (χ3n) is 7.22. The zero-order valence-corrected chi connectivity index (χ0v) is 23.5. The number of carbonyl (C=O) groups is 2. The molecule has 0 spiro atoms. The van der Waals surface area contributed by atoms with Gasteiger partial charge in [0.2, 0.25) is 0 Å². The van der Waals surface area contributed by atoms with Crippen molar-refractivity contribution in [2.24, 2.45) is 0 Å². The van der Waals surface area contributed by atoms with E-state index in [0.29, 0.717) is 11.8 Å². The van der Waals surface area contributed by atoms with E-state index in [-0.39, 0.29) is 5.75 Å². The molecule has 0 aliphatic heterocycles. The quantitative estimate of drug-likeness (QED) is 0.176. The number of halogens is 2. The fraction of sp³-hybridized carbons (Fsp3) is 0.0857. The van der Waals surface area contributed by atoms with Gasteiger partial charge in [-0.3, -0.25) is 4.79 Å². The van der Waals surface area contributed by atoms with Crippen LogP contribution in [0.25, 0.3) is 44.2 Å². The minimum atomic E-state index is -1.24. The molecule has 0 radical (unpaired) electrons. The van der Waals surface area contributed by atoms with Crippen LogP contribution in [0.1, 0.15) is 15.9 Å². The van der Waals surface area contributed by atoms with Crippen LogP contribution in [-0.2, 0) is 10.5 Å². The summed E-state index contributed by atoms with van der Waals surface area (Å²) in [6.45, 7) is 0. The maximum atomic E-state index is 13.9. The zero-order valence-electron chi connectivity index (χ0n) is 22.7. The van der Waals surface area contributed by atoms with Crippen molar-refractivity contribution in [3.8, 4) is 22.3 Å². The Bertz CT molecular complexity index is 1950. The third-order valence-corrected chi connectivity index (χ3v) is 8.33. The number of carboxylic acid groups (broad SMARTS) is 1. The van der Waals surface area contributed by atoms with Crippen LogP contribution in [-0.4, -0.2) is 28.8 Å². The third kappa shape index (κ3) is 6.01. The van der Waals surface area contributed by atoms with Gasteiger partial charge in [-0.2, -0.15) is 11.8 Å². The normalized spacial score (nSPS) is 12.0. The molecular weight excluding hydrogens is 568 g/mol. The number of aliphatic carboxylic acids is 1. The van der Waals surface area contributed by atoms with Crippen molar-refractivity contribution in [3.05, 3.63) is 132 Å². The lowest BCUT2D eigenvalue weighted by atomic mass is 9.98. The minimum absolute atomic E-state index is 0.0745. The maximum absolute atomic E-state index is 13.9. The second-order valence-corrected chi connectivity index (χ2v) is 11.1. The highest BCUT2D eigenvalue weighted by atomic mass is 32.2. The first-order valence-corrected chi connectivity index (χ1v) is 14.7. The van der Waals surface area contributed by atoms with Gasteiger partial charge in [-0.05, 0) is 40.5 Å². The lowest BCUT2D eigenvalue weighted by molar-refractivity contribution is -0.138. The first kappa shape index (κ1) is 28.2. The number of carbonyl (C=O) groups excluding carboxylic acids is 1. The molecule has 214 valence electrons. The molecule has 5 nitrogen and oxygen atoms in total. The van der Waals surface area contributed by atoms with Crippen LogP contribution in [0.15, 0.2) is 114 Å². The van der Waals surface area contributed by atoms with Crippen LogP contribution in [0.2, 0.25) is 0 Å². The molecule has 0 bridgehead atoms. The number of amides is 1. The lowest BCUT2D eigenvalue weighted by Crippen LogP contribution is -2.42. The SMILES string of the molecule is O=C(NC(CSCc1ccc(-c2ccc(-c3cccc4c3oc3ccccc34)cc2)cc1)C(=O)O)c1ccc(F)cc1F. The molecule has 8 heteroatoms. The van der Waals surface area contributed by atoms with Gasteiger partial charge < -0.3 is 14.8 Å². The molecule has 0 fully saturated rings. The summed E-state index contributed by atoms with van der Waals surface area (Å²) in [6.07, 6.45) is 0. The Hall–Kier alpha value is -4.95. The standard InChI is InChI=1S/C35H25F2NO4S/c36-25-16-17-29(30(37)18-25)34(39)38-31(35(40)41)20-43-19-21-8-10-22(11-9-21)23-12-14-24(15-13-23)26-5-3-6-28-27-4-1-2-7-32(27)42-33(26)28/h1-18,31H,19-20H2,(H,38,39)(H,40,41). The average Bonchev–Trinajstić information content (AvgIpc) is 3.40. The summed E-state index contributed by atoms with van der Waals surface area (Å²) < 4.78 is 33.2. The number of rotatable bonds is 9. The van der Waals surface area contributed by atoms with E-state index in [9.17, 15) is 23.5 Å². The predicted octanol–water partition coefficient (Wildman–Crippen LogP) is 8.31. The monoisotopic (exact) mass is 593 g/mol. The van der Waals surface area contributed by atoms with Crippen molar-refractivity contribution in [2.45, 2.75) is 11.8 Å². The Morgan fingerprint density at radius 1 is 0.791 bits per heavy atom. The van der Waals surface area contributed by atoms with Gasteiger partial charge in [-0.1, -0.05) is 84.9 Å². The molecule has 0 aliphatic rings. The molecule has 0 aliphatic carbocycles. The molecule has 43 heavy (non-hydrogen) atoms. The molecule has 5 aromatic carbocycles. The van der Waals surface area contributed by atoms with Crippen LogP contribution in [0.3, 0.4) is 0 Å². The second-order valence-electron chi connectivity index (χ2n) is 10.1. The van der Waals surface area contributed by atoms with Crippen LogP contribution in [0.5, 0.6) is 0 Å². The Balaban J connectivity index is 1.09. The summed E-state index contributed by atoms with van der Waals surface area (Å²) in [4.78, 5) is 24.0. The molecule has 1 amide bonds. The second kappa shape index (κ2) is 12.1. The topological polar surface area (TPSA) is 79.5 Å². The van der Waals surface area contributed by atoms with Gasteiger partial charge in [-0.25, -0.2) is 13.6 Å². The highest BCUT2D eigenvalue weighted by molar-refractivity contribution is 7.98. The molecular formula is C35H25F2NO4S. The highest BCUT2D eigenvalue weighted by Gasteiger charge is 2.22. The Kier molecular flexibility index (Phi) is 7.94. The Morgan fingerprint density at radius 3 is 2.19 bits per heavy atom. The van der Waals surface area contributed by atoms with Crippen LogP contribution in [0, 0.1) is 11.6 Å². The molecule has 0 saturated heterocycles. The highest BCUT2D eigenvalue weighted by Crippen LogP contribution is 2.36. The summed E-state index contributed by atoms with van der Waals surface area (Å²) in [6, 6.07) is 31.8. The number of hydrogen-bond donors (Lipinski definition) is 2. The summed E-state index contributed by atoms with van der Waals surface area (Å²) in [7, 11) is 0. The summed E-state index contributed by atoms with van der Waals surface area (Å²) in [5.41, 5.74) is 6.50. The fourth-order valence-corrected chi connectivity index (χ4v) is 6.00. The van der Waals surface area contributed by atoms with E-state index in [1.165, 1.54) is 11.8 Å². The van der Waals surface area contributed by atoms with Gasteiger partial charge >= 0.3 is 5.97 Å². The number of benzene rings is 5. The van der Waals surface area contributed by atoms with Gasteiger partial charge in [0, 0.05) is 33.9 Å². The van der Waals surface area contributed by atoms with Gasteiger partial charge in [-0.15, -0.1) is 0 Å². The summed E-state index contributed by atoms with van der Waals surface area (Å²) >= 11 is 1.33. The van der Waals surface area contributed by atoms with Gasteiger partial charge in [0.1, 0.15) is 28.8 Å². The van der Waals surface area contributed by atoms with E-state index in [4.69, 9.17) is 4.42 Å². The number of fused-ring (bicyclic) bond motifs is 3. The molecule has 6 rings (SSSR count). The van der Waals surface area contributed by atoms with Crippen molar-refractivity contribution in [2.75, 3.05) is 5.75 Å². The first-order valence-electron chi connectivity index (χ1n) is 13.5. The van der Waals surface area contributed by atoms with E-state index in [0.717, 1.165) is 61.9 Å². The number of hydrogen-bond acceptors (Lipinski definition) is 4. The van der Waals surface area contributed by atoms with E-state index in [2.05, 4.69) is 47.8 Å². The summed E-state index contributed by atoms with van der Waals surface area (Å²) in [5.74, 6) is -3.42. The van der Waals surface area contributed by atoms with Crippen molar-refractivity contribution in [1.82, 2.24) is 5.32 Å². The Morgan fingerprint density at radius 2 is 1.47 bits per heavy atom. The molecule has 1 unspecified atom stereocenters. The number of furan rings is 1. The van der Waals surface area contributed by atoms with Gasteiger partial charge in [0.15, 0.2) is 0 Å². The summed E-state index contributed by atoms with van der Waals surface area (Å²) in [5, 5.41) is 14.0. The van der Waals surface area contributed by atoms with Crippen LogP contribution < -0.4 is 5.32 Å². The smallest absolute Gasteiger partial charge is 0.327 e. The molecule has 2 N–H and O–H groups in total. The number of nitrogens with one attached hydrogen (secondary N) is 1. The first-order chi connectivity index (χ1) is 20.9. The fourth-order valence-electron chi connectivity index (χ4n) is 4.99. The van der Waals surface area contributed by atoms with Gasteiger partial charge in [0.05, 0.1) is 5.56 Å².